The molecule has 1 saturated carbocycles. The molecule has 0 bridgehead atoms. The van der Waals surface area contributed by atoms with Crippen molar-refractivity contribution >= 4 is 12.0 Å². The molecule has 2 amide bonds. The predicted molar refractivity (Wildman–Crippen MR) is 64.8 cm³/mol. The molecular formula is C12H22N2O3. The Balaban J connectivity index is 2.06. The van der Waals surface area contributed by atoms with Crippen molar-refractivity contribution in [3.8, 4) is 0 Å². The monoisotopic (exact) mass is 242 g/mol. The molecular weight excluding hydrogens is 220 g/mol. The van der Waals surface area contributed by atoms with Crippen molar-refractivity contribution in [1.29, 1.82) is 0 Å². The number of hydrogen-bond donors (Lipinski definition) is 3. The molecule has 5 nitrogen and oxygen atoms in total. The van der Waals surface area contributed by atoms with Crippen LogP contribution in [0.3, 0.4) is 0 Å². The van der Waals surface area contributed by atoms with Crippen molar-refractivity contribution < 1.29 is 14.7 Å². The summed E-state index contributed by atoms with van der Waals surface area (Å²) in [5.74, 6) is -0.789. The summed E-state index contributed by atoms with van der Waals surface area (Å²) >= 11 is 0. The number of carboxylic acids is 1. The number of carbonyl (C=O) groups is 2. The van der Waals surface area contributed by atoms with E-state index in [4.69, 9.17) is 5.11 Å². The van der Waals surface area contributed by atoms with Gasteiger partial charge in [-0.3, -0.25) is 4.79 Å². The van der Waals surface area contributed by atoms with Gasteiger partial charge in [0.1, 0.15) is 0 Å². The van der Waals surface area contributed by atoms with Crippen LogP contribution < -0.4 is 10.6 Å². The first kappa shape index (κ1) is 13.8. The molecule has 1 aliphatic carbocycles. The molecule has 98 valence electrons. The average molecular weight is 242 g/mol. The number of aliphatic carboxylic acids is 1. The topological polar surface area (TPSA) is 78.4 Å². The second-order valence-corrected chi connectivity index (χ2v) is 5.32. The summed E-state index contributed by atoms with van der Waals surface area (Å²) in [7, 11) is 0. The fraction of sp³-hybridized carbons (Fsp3) is 0.833. The fourth-order valence-corrected chi connectivity index (χ4v) is 1.59. The number of carboxylic acid groups (broad SMARTS) is 1. The molecule has 1 rings (SSSR count). The van der Waals surface area contributed by atoms with E-state index >= 15 is 0 Å². The predicted octanol–water partition coefficient (Wildman–Crippen LogP) is 1.73. The van der Waals surface area contributed by atoms with Gasteiger partial charge in [-0.25, -0.2) is 4.79 Å². The van der Waals surface area contributed by atoms with Gasteiger partial charge in [0.15, 0.2) is 0 Å². The molecule has 0 heterocycles. The molecule has 17 heavy (non-hydrogen) atoms. The van der Waals surface area contributed by atoms with Crippen LogP contribution in [-0.2, 0) is 4.79 Å². The lowest BCUT2D eigenvalue weighted by molar-refractivity contribution is -0.137. The van der Waals surface area contributed by atoms with E-state index in [0.29, 0.717) is 18.3 Å². The van der Waals surface area contributed by atoms with Crippen LogP contribution in [0.2, 0.25) is 0 Å². The van der Waals surface area contributed by atoms with Crippen LogP contribution in [0.25, 0.3) is 0 Å². The van der Waals surface area contributed by atoms with Crippen molar-refractivity contribution in [1.82, 2.24) is 10.6 Å². The van der Waals surface area contributed by atoms with Crippen molar-refractivity contribution in [2.24, 2.45) is 5.41 Å². The lowest BCUT2D eigenvalue weighted by atomic mass is 10.1. The molecule has 1 aliphatic rings. The zero-order valence-corrected chi connectivity index (χ0v) is 10.6. The van der Waals surface area contributed by atoms with E-state index in [9.17, 15) is 9.59 Å². The average Bonchev–Trinajstić information content (AvgIpc) is 2.94. The summed E-state index contributed by atoms with van der Waals surface area (Å²) in [5.41, 5.74) is 0.309. The van der Waals surface area contributed by atoms with Crippen molar-refractivity contribution in [3.05, 3.63) is 0 Å². The summed E-state index contributed by atoms with van der Waals surface area (Å²) < 4.78 is 0. The van der Waals surface area contributed by atoms with Crippen LogP contribution in [0.1, 0.15) is 46.0 Å². The van der Waals surface area contributed by atoms with Gasteiger partial charge < -0.3 is 15.7 Å². The van der Waals surface area contributed by atoms with Crippen LogP contribution in [0.15, 0.2) is 0 Å². The fourth-order valence-electron chi connectivity index (χ4n) is 1.59. The van der Waals surface area contributed by atoms with Gasteiger partial charge in [-0.15, -0.1) is 0 Å². The Labute approximate surface area is 102 Å². The van der Waals surface area contributed by atoms with Crippen molar-refractivity contribution in [2.75, 3.05) is 6.54 Å². The zero-order valence-electron chi connectivity index (χ0n) is 10.6. The number of rotatable bonds is 7. The summed E-state index contributed by atoms with van der Waals surface area (Å²) in [4.78, 5) is 21.8. The minimum Gasteiger partial charge on any atom is -0.481 e. The molecule has 1 fully saturated rings. The summed E-state index contributed by atoms with van der Waals surface area (Å²) in [6.07, 6.45) is 3.81. The largest absolute Gasteiger partial charge is 0.481 e. The maximum absolute atomic E-state index is 11.5. The molecule has 0 radical (unpaired) electrons. The zero-order chi connectivity index (χ0) is 12.9. The minimum atomic E-state index is -0.789. The van der Waals surface area contributed by atoms with Gasteiger partial charge in [-0.05, 0) is 38.0 Å². The summed E-state index contributed by atoms with van der Waals surface area (Å²) in [5, 5.41) is 14.1. The maximum Gasteiger partial charge on any atom is 0.315 e. The van der Waals surface area contributed by atoms with Crippen LogP contribution in [0, 0.1) is 5.41 Å². The van der Waals surface area contributed by atoms with Gasteiger partial charge in [0.25, 0.3) is 0 Å². The molecule has 5 heteroatoms. The van der Waals surface area contributed by atoms with E-state index < -0.39 is 5.97 Å². The number of amides is 2. The normalized spacial score (nSPS) is 18.2. The highest BCUT2D eigenvalue weighted by Crippen LogP contribution is 2.43. The molecule has 1 unspecified atom stereocenters. The highest BCUT2D eigenvalue weighted by Gasteiger charge is 2.37. The van der Waals surface area contributed by atoms with E-state index in [1.165, 1.54) is 12.8 Å². The highest BCUT2D eigenvalue weighted by molar-refractivity contribution is 5.74. The van der Waals surface area contributed by atoms with Gasteiger partial charge in [-0.1, -0.05) is 6.92 Å². The maximum atomic E-state index is 11.5. The Morgan fingerprint density at radius 1 is 1.41 bits per heavy atom. The molecule has 3 N–H and O–H groups in total. The Morgan fingerprint density at radius 3 is 2.59 bits per heavy atom. The van der Waals surface area contributed by atoms with E-state index in [-0.39, 0.29) is 18.5 Å². The third-order valence-electron chi connectivity index (χ3n) is 3.18. The van der Waals surface area contributed by atoms with Gasteiger partial charge in [0.2, 0.25) is 0 Å². The molecule has 0 aromatic heterocycles. The van der Waals surface area contributed by atoms with E-state index in [2.05, 4.69) is 17.6 Å². The molecule has 0 aromatic carbocycles. The van der Waals surface area contributed by atoms with Crippen LogP contribution >= 0.6 is 0 Å². The Morgan fingerprint density at radius 2 is 2.06 bits per heavy atom. The summed E-state index contributed by atoms with van der Waals surface area (Å²) in [6, 6.07) is -0.137. The van der Waals surface area contributed by atoms with Crippen LogP contribution in [-0.4, -0.2) is 29.7 Å². The molecule has 0 saturated heterocycles. The third-order valence-corrected chi connectivity index (χ3v) is 3.18. The highest BCUT2D eigenvalue weighted by atomic mass is 16.4. The Bertz CT molecular complexity index is 287. The Hall–Kier alpha value is -1.26. The lowest BCUT2D eigenvalue weighted by Crippen LogP contribution is -2.42. The lowest BCUT2D eigenvalue weighted by Gasteiger charge is -2.15. The second kappa shape index (κ2) is 5.89. The van der Waals surface area contributed by atoms with E-state index in [1.807, 2.05) is 6.92 Å². The number of hydrogen-bond acceptors (Lipinski definition) is 2. The van der Waals surface area contributed by atoms with E-state index in [0.717, 1.165) is 6.54 Å². The second-order valence-electron chi connectivity index (χ2n) is 5.32. The first-order valence-electron chi connectivity index (χ1n) is 6.17. The van der Waals surface area contributed by atoms with Gasteiger partial charge in [0.05, 0.1) is 0 Å². The smallest absolute Gasteiger partial charge is 0.315 e. The molecule has 0 aromatic rings. The van der Waals surface area contributed by atoms with Crippen molar-refractivity contribution in [3.63, 3.8) is 0 Å². The first-order valence-corrected chi connectivity index (χ1v) is 6.17. The number of nitrogens with one attached hydrogen (secondary N) is 2. The standard InChI is InChI=1S/C12H22N2O3/c1-9(4-3-5-10(15)16)14-11(17)13-8-12(2)6-7-12/h9H,3-8H2,1-2H3,(H,15,16)(H2,13,14,17). The van der Waals surface area contributed by atoms with Gasteiger partial charge >= 0.3 is 12.0 Å². The number of carbonyl (C=O) groups excluding carboxylic acids is 1. The summed E-state index contributed by atoms with van der Waals surface area (Å²) in [6.45, 7) is 4.77. The van der Waals surface area contributed by atoms with Gasteiger partial charge in [-0.2, -0.15) is 0 Å². The first-order chi connectivity index (χ1) is 7.91. The quantitative estimate of drug-likeness (QED) is 0.636. The SMILES string of the molecule is CC(CCCC(=O)O)NC(=O)NCC1(C)CC1. The Kier molecular flexibility index (Phi) is 4.78. The van der Waals surface area contributed by atoms with Crippen molar-refractivity contribution in [2.45, 2.75) is 52.0 Å². The van der Waals surface area contributed by atoms with Gasteiger partial charge in [0, 0.05) is 19.0 Å². The molecule has 0 spiro atoms. The minimum absolute atomic E-state index is 0.0151. The van der Waals surface area contributed by atoms with Crippen LogP contribution in [0.5, 0.6) is 0 Å². The molecule has 0 aliphatic heterocycles. The number of urea groups is 1. The molecule has 1 atom stereocenters. The van der Waals surface area contributed by atoms with E-state index in [1.54, 1.807) is 0 Å². The van der Waals surface area contributed by atoms with Crippen LogP contribution in [0.4, 0.5) is 4.79 Å². The third kappa shape index (κ3) is 6.14.